The maximum atomic E-state index is 14.1. The summed E-state index contributed by atoms with van der Waals surface area (Å²) in [5.74, 6) is 1.17. The van der Waals surface area contributed by atoms with E-state index in [1.54, 1.807) is 22.8 Å². The van der Waals surface area contributed by atoms with E-state index < -0.39 is 5.60 Å². The van der Waals surface area contributed by atoms with Crippen LogP contribution in [0.1, 0.15) is 63.3 Å². The van der Waals surface area contributed by atoms with Crippen molar-refractivity contribution in [1.29, 1.82) is 0 Å². The SMILES string of the molecule is Cc1ccc(-c2nc(CCNCC(=O)OC(C)(C)C)cn2C(c2nc3cc(Cl)ccc3c(=O)n2Cc2ccccc2)C(C)C)cc1. The van der Waals surface area contributed by atoms with Crippen LogP contribution in [-0.2, 0) is 22.5 Å². The number of fused-ring (bicyclic) bond motifs is 1. The molecule has 2 heterocycles. The highest BCUT2D eigenvalue weighted by molar-refractivity contribution is 6.31. The molecular weight excluding hydrogens is 598 g/mol. The number of halogens is 1. The first-order valence-corrected chi connectivity index (χ1v) is 16.1. The Morgan fingerprint density at radius 3 is 2.39 bits per heavy atom. The first-order chi connectivity index (χ1) is 21.9. The van der Waals surface area contributed by atoms with Gasteiger partial charge in [-0.1, -0.05) is 85.6 Å². The van der Waals surface area contributed by atoms with Crippen LogP contribution < -0.4 is 10.9 Å². The van der Waals surface area contributed by atoms with Gasteiger partial charge in [0.05, 0.1) is 35.7 Å². The number of hydrogen-bond acceptors (Lipinski definition) is 6. The predicted octanol–water partition coefficient (Wildman–Crippen LogP) is 6.99. The molecule has 0 amide bonds. The fourth-order valence-corrected chi connectivity index (χ4v) is 5.74. The van der Waals surface area contributed by atoms with Gasteiger partial charge in [0.25, 0.3) is 5.56 Å². The Labute approximate surface area is 275 Å². The Balaban J connectivity index is 1.59. The Bertz CT molecular complexity index is 1870. The van der Waals surface area contributed by atoms with Crippen LogP contribution in [0.3, 0.4) is 0 Å². The van der Waals surface area contributed by atoms with Crippen molar-refractivity contribution in [3.05, 3.63) is 117 Å². The summed E-state index contributed by atoms with van der Waals surface area (Å²) in [6.07, 6.45) is 2.65. The highest BCUT2D eigenvalue weighted by Crippen LogP contribution is 2.32. The van der Waals surface area contributed by atoms with Crippen LogP contribution in [0.5, 0.6) is 0 Å². The summed E-state index contributed by atoms with van der Waals surface area (Å²) in [4.78, 5) is 36.6. The Kier molecular flexibility index (Phi) is 10.1. The van der Waals surface area contributed by atoms with Gasteiger partial charge in [-0.05, 0) is 57.4 Å². The molecule has 1 unspecified atom stereocenters. The summed E-state index contributed by atoms with van der Waals surface area (Å²) >= 11 is 6.39. The van der Waals surface area contributed by atoms with Crippen LogP contribution in [-0.4, -0.2) is 43.8 Å². The number of esters is 1. The standard InChI is InChI=1S/C37H42ClN5O3/c1-24(2)33(35-41-31-20-28(38)16-17-30(31)36(45)43(35)22-26-10-8-7-9-11-26)42-23-29(18-19-39-21-32(44)46-37(4,5)6)40-34(42)27-14-12-25(3)13-15-27/h7-17,20,23-24,33,39H,18-19,21-22H2,1-6H3. The molecule has 0 saturated carbocycles. The molecule has 0 bridgehead atoms. The van der Waals surface area contributed by atoms with Gasteiger partial charge in [0.2, 0.25) is 0 Å². The molecule has 5 aromatic rings. The molecular formula is C37H42ClN5O3. The van der Waals surface area contributed by atoms with Crippen LogP contribution in [0.2, 0.25) is 5.02 Å². The van der Waals surface area contributed by atoms with Gasteiger partial charge < -0.3 is 14.6 Å². The van der Waals surface area contributed by atoms with Crippen LogP contribution in [0, 0.1) is 12.8 Å². The molecule has 0 aliphatic heterocycles. The van der Waals surface area contributed by atoms with Gasteiger partial charge >= 0.3 is 5.97 Å². The van der Waals surface area contributed by atoms with Gasteiger partial charge in [-0.25, -0.2) is 9.97 Å². The third-order valence-corrected chi connectivity index (χ3v) is 7.90. The van der Waals surface area contributed by atoms with Crippen LogP contribution >= 0.6 is 11.6 Å². The van der Waals surface area contributed by atoms with E-state index in [-0.39, 0.29) is 30.0 Å². The number of imidazole rings is 1. The summed E-state index contributed by atoms with van der Waals surface area (Å²) < 4.78 is 9.36. The lowest BCUT2D eigenvalue weighted by molar-refractivity contribution is -0.153. The maximum absolute atomic E-state index is 14.1. The molecule has 1 N–H and O–H groups in total. The minimum atomic E-state index is -0.532. The predicted molar refractivity (Wildman–Crippen MR) is 184 cm³/mol. The molecule has 0 radical (unpaired) electrons. The van der Waals surface area contributed by atoms with E-state index in [9.17, 15) is 9.59 Å². The van der Waals surface area contributed by atoms with Gasteiger partial charge in [0.15, 0.2) is 0 Å². The smallest absolute Gasteiger partial charge is 0.320 e. The molecule has 0 aliphatic carbocycles. The van der Waals surface area contributed by atoms with Gasteiger partial charge in [-0.15, -0.1) is 0 Å². The number of ether oxygens (including phenoxy) is 1. The molecule has 240 valence electrons. The number of carbonyl (C=O) groups is 1. The summed E-state index contributed by atoms with van der Waals surface area (Å²) in [5, 5.41) is 4.24. The quantitative estimate of drug-likeness (QED) is 0.124. The lowest BCUT2D eigenvalue weighted by atomic mass is 10.0. The molecule has 2 aromatic heterocycles. The third kappa shape index (κ3) is 7.92. The molecule has 3 aromatic carbocycles. The van der Waals surface area contributed by atoms with Crippen molar-refractivity contribution in [2.45, 2.75) is 66.2 Å². The molecule has 0 aliphatic rings. The van der Waals surface area contributed by atoms with Crippen LogP contribution in [0.4, 0.5) is 0 Å². The second-order valence-corrected chi connectivity index (χ2v) is 13.5. The van der Waals surface area contributed by atoms with E-state index in [0.29, 0.717) is 41.3 Å². The number of nitrogens with one attached hydrogen (secondary N) is 1. The van der Waals surface area contributed by atoms with E-state index >= 15 is 0 Å². The van der Waals surface area contributed by atoms with Crippen molar-refractivity contribution in [1.82, 2.24) is 24.4 Å². The summed E-state index contributed by atoms with van der Waals surface area (Å²) in [7, 11) is 0. The van der Waals surface area contributed by atoms with Crippen molar-refractivity contribution in [3.8, 4) is 11.4 Å². The lowest BCUT2D eigenvalue weighted by Crippen LogP contribution is -2.32. The van der Waals surface area contributed by atoms with E-state index in [4.69, 9.17) is 26.3 Å². The molecule has 9 heteroatoms. The fraction of sp³-hybridized carbons (Fsp3) is 0.351. The number of aromatic nitrogens is 4. The third-order valence-electron chi connectivity index (χ3n) is 7.67. The summed E-state index contributed by atoms with van der Waals surface area (Å²) in [6, 6.07) is 23.1. The largest absolute Gasteiger partial charge is 0.459 e. The lowest BCUT2D eigenvalue weighted by Gasteiger charge is -2.27. The number of benzene rings is 3. The van der Waals surface area contributed by atoms with Crippen molar-refractivity contribution < 1.29 is 9.53 Å². The zero-order valence-electron chi connectivity index (χ0n) is 27.4. The minimum absolute atomic E-state index is 0.0436. The number of hydrogen-bond donors (Lipinski definition) is 1. The van der Waals surface area contributed by atoms with Gasteiger partial charge in [-0.3, -0.25) is 14.2 Å². The van der Waals surface area contributed by atoms with E-state index in [0.717, 1.165) is 28.2 Å². The number of nitrogens with zero attached hydrogens (tertiary/aromatic N) is 4. The molecule has 46 heavy (non-hydrogen) atoms. The molecule has 5 rings (SSSR count). The van der Waals surface area contributed by atoms with Crippen molar-refractivity contribution in [2.24, 2.45) is 5.92 Å². The van der Waals surface area contributed by atoms with Crippen molar-refractivity contribution in [3.63, 3.8) is 0 Å². The summed E-state index contributed by atoms with van der Waals surface area (Å²) in [6.45, 7) is 12.9. The fourth-order valence-electron chi connectivity index (χ4n) is 5.58. The van der Waals surface area contributed by atoms with Crippen molar-refractivity contribution >= 4 is 28.5 Å². The highest BCUT2D eigenvalue weighted by Gasteiger charge is 2.28. The first-order valence-electron chi connectivity index (χ1n) is 15.7. The van der Waals surface area contributed by atoms with E-state index in [1.807, 2.05) is 51.1 Å². The van der Waals surface area contributed by atoms with Crippen LogP contribution in [0.25, 0.3) is 22.3 Å². The number of aryl methyl sites for hydroxylation is 1. The zero-order valence-corrected chi connectivity index (χ0v) is 28.1. The average Bonchev–Trinajstić information content (AvgIpc) is 3.40. The molecule has 0 spiro atoms. The molecule has 1 atom stereocenters. The van der Waals surface area contributed by atoms with Gasteiger partial charge in [-0.2, -0.15) is 0 Å². The minimum Gasteiger partial charge on any atom is -0.459 e. The number of carbonyl (C=O) groups excluding carboxylic acids is 1. The molecule has 8 nitrogen and oxygen atoms in total. The topological polar surface area (TPSA) is 91.0 Å². The second-order valence-electron chi connectivity index (χ2n) is 13.0. The Morgan fingerprint density at radius 2 is 1.72 bits per heavy atom. The van der Waals surface area contributed by atoms with Gasteiger partial charge in [0.1, 0.15) is 17.2 Å². The first kappa shape index (κ1) is 33.1. The van der Waals surface area contributed by atoms with E-state index in [1.165, 1.54) is 0 Å². The van der Waals surface area contributed by atoms with E-state index in [2.05, 4.69) is 61.1 Å². The average molecular weight is 640 g/mol. The monoisotopic (exact) mass is 639 g/mol. The van der Waals surface area contributed by atoms with Gasteiger partial charge in [0, 0.05) is 29.7 Å². The zero-order chi connectivity index (χ0) is 33.0. The normalized spacial score (nSPS) is 12.5. The Morgan fingerprint density at radius 1 is 1.00 bits per heavy atom. The van der Waals surface area contributed by atoms with Crippen LogP contribution in [0.15, 0.2) is 83.8 Å². The maximum Gasteiger partial charge on any atom is 0.320 e. The Hall–Kier alpha value is -4.27. The molecule has 0 saturated heterocycles. The summed E-state index contributed by atoms with van der Waals surface area (Å²) in [5.41, 5.74) is 3.89. The number of rotatable bonds is 11. The second kappa shape index (κ2) is 14.0. The highest BCUT2D eigenvalue weighted by atomic mass is 35.5. The molecule has 0 fully saturated rings. The van der Waals surface area contributed by atoms with Crippen molar-refractivity contribution in [2.75, 3.05) is 13.1 Å².